The molecule has 234 valence electrons. The number of hydrogen-bond acceptors (Lipinski definition) is 7. The van der Waals surface area contributed by atoms with Crippen molar-refractivity contribution in [3.63, 3.8) is 0 Å². The Morgan fingerprint density at radius 3 is 2.35 bits per heavy atom. The van der Waals surface area contributed by atoms with Crippen molar-refractivity contribution in [3.05, 3.63) is 53.6 Å². The highest BCUT2D eigenvalue weighted by Crippen LogP contribution is 2.28. The molecule has 11 heteroatoms. The molecule has 2 amide bonds. The number of nitrogens with one attached hydrogen (secondary N) is 3. The number of hydrogen-bond donors (Lipinski definition) is 3. The van der Waals surface area contributed by atoms with Crippen LogP contribution >= 0.6 is 0 Å². The number of H-pyrrole nitrogens is 1. The van der Waals surface area contributed by atoms with Gasteiger partial charge in [0.15, 0.2) is 0 Å². The van der Waals surface area contributed by atoms with E-state index in [1.54, 1.807) is 24.1 Å². The van der Waals surface area contributed by atoms with E-state index >= 15 is 0 Å². The first-order valence-corrected chi connectivity index (χ1v) is 15.4. The average Bonchev–Trinajstić information content (AvgIpc) is 3.50. The minimum Gasteiger partial charge on any atom is -0.382 e. The molecular weight excluding hydrogens is 548 g/mol. The molecule has 1 fully saturated rings. The number of aryl methyl sites for hydroxylation is 3. The molecule has 11 nitrogen and oxygen atoms in total. The molecule has 4 rings (SSSR count). The Hall–Kier alpha value is -3.54. The normalized spacial score (nSPS) is 14.8. The van der Waals surface area contributed by atoms with Crippen molar-refractivity contribution >= 4 is 17.5 Å². The van der Waals surface area contributed by atoms with Crippen LogP contribution in [-0.2, 0) is 25.5 Å². The van der Waals surface area contributed by atoms with Gasteiger partial charge in [-0.15, -0.1) is 0 Å². The summed E-state index contributed by atoms with van der Waals surface area (Å²) in [6.07, 6.45) is 8.54. The largest absolute Gasteiger partial charge is 0.382 e. The Morgan fingerprint density at radius 2 is 1.67 bits per heavy atom. The molecule has 1 aromatic carbocycles. The standard InChI is InChI=1S/C32H46N6O5/c1-23-29(24(2)37-36-23)25-11-13-27(14-12-25)34-32(40)30(26-9-6-4-5-7-10-26)35-31(39)28-15-16-33-38(28)17-8-18-42-21-22-43-20-19-41-3/h11-16,26,30H,4-10,17-22H2,1-3H3,(H,34,40)(H,35,39)(H,36,37). The van der Waals surface area contributed by atoms with Crippen LogP contribution in [0, 0.1) is 19.8 Å². The van der Waals surface area contributed by atoms with Crippen LogP contribution in [0.5, 0.6) is 0 Å². The fourth-order valence-corrected chi connectivity index (χ4v) is 5.66. The van der Waals surface area contributed by atoms with Gasteiger partial charge in [0.2, 0.25) is 5.91 Å². The van der Waals surface area contributed by atoms with Crippen molar-refractivity contribution in [1.82, 2.24) is 25.3 Å². The van der Waals surface area contributed by atoms with Crippen LogP contribution in [-0.4, -0.2) is 78.0 Å². The van der Waals surface area contributed by atoms with Gasteiger partial charge in [0, 0.05) is 43.4 Å². The quantitative estimate of drug-likeness (QED) is 0.162. The lowest BCUT2D eigenvalue weighted by Crippen LogP contribution is -2.49. The van der Waals surface area contributed by atoms with Gasteiger partial charge in [-0.25, -0.2) is 0 Å². The van der Waals surface area contributed by atoms with Gasteiger partial charge in [-0.05, 0) is 62.8 Å². The van der Waals surface area contributed by atoms with E-state index in [9.17, 15) is 9.59 Å². The van der Waals surface area contributed by atoms with Crippen molar-refractivity contribution in [2.75, 3.05) is 45.5 Å². The van der Waals surface area contributed by atoms with E-state index < -0.39 is 6.04 Å². The topological polar surface area (TPSA) is 132 Å². The Morgan fingerprint density at radius 1 is 0.977 bits per heavy atom. The first kappa shape index (κ1) is 32.4. The molecule has 3 N–H and O–H groups in total. The van der Waals surface area contributed by atoms with Crippen LogP contribution in [0.1, 0.15) is 66.8 Å². The van der Waals surface area contributed by atoms with Gasteiger partial charge >= 0.3 is 0 Å². The summed E-state index contributed by atoms with van der Waals surface area (Å²) >= 11 is 0. The summed E-state index contributed by atoms with van der Waals surface area (Å²) in [4.78, 5) is 27.2. The van der Waals surface area contributed by atoms with E-state index in [4.69, 9.17) is 14.2 Å². The maximum Gasteiger partial charge on any atom is 0.270 e. The van der Waals surface area contributed by atoms with Gasteiger partial charge in [-0.1, -0.05) is 37.8 Å². The first-order chi connectivity index (χ1) is 21.0. The molecule has 0 radical (unpaired) electrons. The van der Waals surface area contributed by atoms with Gasteiger partial charge in [0.05, 0.1) is 32.1 Å². The lowest BCUT2D eigenvalue weighted by Gasteiger charge is -2.26. The molecule has 1 aliphatic carbocycles. The van der Waals surface area contributed by atoms with Crippen LogP contribution in [0.4, 0.5) is 5.69 Å². The van der Waals surface area contributed by atoms with Crippen LogP contribution < -0.4 is 10.6 Å². The van der Waals surface area contributed by atoms with Gasteiger partial charge in [0.25, 0.3) is 5.91 Å². The number of ether oxygens (including phenoxy) is 3. The molecule has 1 atom stereocenters. The van der Waals surface area contributed by atoms with E-state index in [0.29, 0.717) is 57.4 Å². The molecule has 0 aliphatic heterocycles. The number of carbonyl (C=O) groups is 2. The predicted molar refractivity (Wildman–Crippen MR) is 165 cm³/mol. The van der Waals surface area contributed by atoms with Crippen molar-refractivity contribution in [2.45, 2.75) is 71.4 Å². The highest BCUT2D eigenvalue weighted by molar-refractivity contribution is 6.00. The van der Waals surface area contributed by atoms with E-state index in [1.165, 1.54) is 0 Å². The molecule has 0 spiro atoms. The number of nitrogens with zero attached hydrogens (tertiary/aromatic N) is 3. The molecule has 0 saturated heterocycles. The summed E-state index contributed by atoms with van der Waals surface area (Å²) in [5.74, 6) is -0.427. The van der Waals surface area contributed by atoms with Gasteiger partial charge in [-0.2, -0.15) is 10.2 Å². The predicted octanol–water partition coefficient (Wildman–Crippen LogP) is 4.67. The third-order valence-electron chi connectivity index (χ3n) is 7.92. The Kier molecular flexibility index (Phi) is 12.7. The summed E-state index contributed by atoms with van der Waals surface area (Å²) < 4.78 is 17.7. The van der Waals surface area contributed by atoms with Crippen LogP contribution in [0.25, 0.3) is 11.1 Å². The lowest BCUT2D eigenvalue weighted by atomic mass is 9.91. The molecule has 43 heavy (non-hydrogen) atoms. The Bertz CT molecular complexity index is 1260. The summed E-state index contributed by atoms with van der Waals surface area (Å²) in [5.41, 5.74) is 5.15. The summed E-state index contributed by atoms with van der Waals surface area (Å²) in [5, 5.41) is 17.8. The van der Waals surface area contributed by atoms with Crippen LogP contribution in [0.3, 0.4) is 0 Å². The molecule has 2 heterocycles. The second-order valence-corrected chi connectivity index (χ2v) is 11.1. The molecule has 1 aliphatic rings. The van der Waals surface area contributed by atoms with E-state index in [1.807, 2.05) is 38.1 Å². The fourth-order valence-electron chi connectivity index (χ4n) is 5.66. The molecule has 1 unspecified atom stereocenters. The molecule has 2 aromatic heterocycles. The number of benzene rings is 1. The minimum atomic E-state index is -0.645. The highest BCUT2D eigenvalue weighted by Gasteiger charge is 2.31. The van der Waals surface area contributed by atoms with Gasteiger partial charge < -0.3 is 24.8 Å². The Labute approximate surface area is 254 Å². The smallest absolute Gasteiger partial charge is 0.270 e. The van der Waals surface area contributed by atoms with Crippen molar-refractivity contribution < 1.29 is 23.8 Å². The van der Waals surface area contributed by atoms with E-state index in [-0.39, 0.29) is 17.7 Å². The number of aromatic amines is 1. The maximum atomic E-state index is 13.7. The summed E-state index contributed by atoms with van der Waals surface area (Å²) in [6.45, 7) is 7.14. The van der Waals surface area contributed by atoms with E-state index in [0.717, 1.165) is 61.0 Å². The third-order valence-corrected chi connectivity index (χ3v) is 7.92. The molecule has 1 saturated carbocycles. The zero-order chi connectivity index (χ0) is 30.4. The zero-order valence-electron chi connectivity index (χ0n) is 25.7. The third kappa shape index (κ3) is 9.47. The average molecular weight is 595 g/mol. The van der Waals surface area contributed by atoms with Crippen molar-refractivity contribution in [2.24, 2.45) is 5.92 Å². The number of anilines is 1. The molecule has 0 bridgehead atoms. The van der Waals surface area contributed by atoms with E-state index in [2.05, 4.69) is 25.9 Å². The van der Waals surface area contributed by atoms with Gasteiger partial charge in [-0.3, -0.25) is 19.4 Å². The number of rotatable bonds is 16. The number of carbonyl (C=O) groups excluding carboxylic acids is 2. The number of amides is 2. The monoisotopic (exact) mass is 594 g/mol. The zero-order valence-corrected chi connectivity index (χ0v) is 25.7. The summed E-state index contributed by atoms with van der Waals surface area (Å²) in [6, 6.07) is 8.81. The Balaban J connectivity index is 1.36. The highest BCUT2D eigenvalue weighted by atomic mass is 16.5. The minimum absolute atomic E-state index is 0.0674. The number of methoxy groups -OCH3 is 1. The molecule has 3 aromatic rings. The second kappa shape index (κ2) is 16.9. The summed E-state index contributed by atoms with van der Waals surface area (Å²) in [7, 11) is 1.64. The van der Waals surface area contributed by atoms with Crippen LogP contribution in [0.2, 0.25) is 0 Å². The maximum absolute atomic E-state index is 13.7. The van der Waals surface area contributed by atoms with Gasteiger partial charge in [0.1, 0.15) is 11.7 Å². The lowest BCUT2D eigenvalue weighted by molar-refractivity contribution is -0.119. The fraction of sp³-hybridized carbons (Fsp3) is 0.562. The number of aromatic nitrogens is 4. The van der Waals surface area contributed by atoms with Crippen LogP contribution in [0.15, 0.2) is 36.5 Å². The van der Waals surface area contributed by atoms with Crippen molar-refractivity contribution in [1.29, 1.82) is 0 Å². The SMILES string of the molecule is COCCOCCOCCCn1nccc1C(=O)NC(C(=O)Nc1ccc(-c2c(C)n[nH]c2C)cc1)C1CCCCCC1. The first-order valence-electron chi connectivity index (χ1n) is 15.4. The second-order valence-electron chi connectivity index (χ2n) is 11.1. The van der Waals surface area contributed by atoms with Crippen molar-refractivity contribution in [3.8, 4) is 11.1 Å². The molecular formula is C32H46N6O5.